The predicted octanol–water partition coefficient (Wildman–Crippen LogP) is 2.21. The van der Waals surface area contributed by atoms with Gasteiger partial charge in [-0.3, -0.25) is 9.78 Å². The molecule has 0 aromatic carbocycles. The lowest BCUT2D eigenvalue weighted by Gasteiger charge is -1.96. The van der Waals surface area contributed by atoms with Gasteiger partial charge in [-0.2, -0.15) is 0 Å². The highest BCUT2D eigenvalue weighted by atomic mass is 16.3. The molecule has 0 N–H and O–H groups in total. The molecule has 2 rings (SSSR count). The van der Waals surface area contributed by atoms with Crippen LogP contribution in [0.5, 0.6) is 0 Å². The van der Waals surface area contributed by atoms with Crippen molar-refractivity contribution >= 4 is 5.78 Å². The van der Waals surface area contributed by atoms with E-state index < -0.39 is 0 Å². The van der Waals surface area contributed by atoms with Crippen molar-refractivity contribution in [3.05, 3.63) is 53.7 Å². The van der Waals surface area contributed by atoms with E-state index in [4.69, 9.17) is 4.42 Å². The molecular formula is C11H9NO2. The summed E-state index contributed by atoms with van der Waals surface area (Å²) in [7, 11) is 0. The summed E-state index contributed by atoms with van der Waals surface area (Å²) in [6.07, 6.45) is 3.14. The van der Waals surface area contributed by atoms with Crippen molar-refractivity contribution in [1.29, 1.82) is 0 Å². The van der Waals surface area contributed by atoms with Gasteiger partial charge in [0.05, 0.1) is 6.26 Å². The highest BCUT2D eigenvalue weighted by molar-refractivity contribution is 6.05. The van der Waals surface area contributed by atoms with Crippen molar-refractivity contribution in [3.63, 3.8) is 0 Å². The maximum atomic E-state index is 11.7. The van der Waals surface area contributed by atoms with Crippen molar-refractivity contribution < 1.29 is 9.21 Å². The number of rotatable bonds is 2. The normalized spacial score (nSPS) is 10.1. The Morgan fingerprint density at radius 3 is 2.79 bits per heavy atom. The molecule has 0 aliphatic heterocycles. The number of furan rings is 1. The fourth-order valence-corrected chi connectivity index (χ4v) is 1.14. The molecular weight excluding hydrogens is 178 g/mol. The van der Waals surface area contributed by atoms with Gasteiger partial charge in [-0.05, 0) is 30.7 Å². The second-order valence-electron chi connectivity index (χ2n) is 3.03. The maximum absolute atomic E-state index is 11.7. The fourth-order valence-electron chi connectivity index (χ4n) is 1.14. The van der Waals surface area contributed by atoms with Crippen LogP contribution in [0.25, 0.3) is 0 Å². The first-order valence-corrected chi connectivity index (χ1v) is 4.28. The van der Waals surface area contributed by atoms with Crippen LogP contribution >= 0.6 is 0 Å². The number of aryl methyl sites for hydroxylation is 1. The number of pyridine rings is 1. The van der Waals surface area contributed by atoms with Crippen LogP contribution in [0.1, 0.15) is 21.8 Å². The summed E-state index contributed by atoms with van der Waals surface area (Å²) >= 11 is 0. The van der Waals surface area contributed by atoms with E-state index >= 15 is 0 Å². The first-order valence-electron chi connectivity index (χ1n) is 4.28. The van der Waals surface area contributed by atoms with E-state index in [9.17, 15) is 4.79 Å². The molecule has 0 aliphatic rings. The van der Waals surface area contributed by atoms with Crippen LogP contribution in [-0.2, 0) is 0 Å². The molecule has 0 atom stereocenters. The minimum absolute atomic E-state index is 0.185. The van der Waals surface area contributed by atoms with Gasteiger partial charge >= 0.3 is 0 Å². The van der Waals surface area contributed by atoms with Gasteiger partial charge in [0.25, 0.3) is 0 Å². The number of hydrogen-bond acceptors (Lipinski definition) is 3. The zero-order valence-electron chi connectivity index (χ0n) is 7.73. The Kier molecular flexibility index (Phi) is 2.14. The van der Waals surface area contributed by atoms with Crippen LogP contribution < -0.4 is 0 Å². The van der Waals surface area contributed by atoms with E-state index in [0.717, 1.165) is 5.56 Å². The Morgan fingerprint density at radius 1 is 1.36 bits per heavy atom. The lowest BCUT2D eigenvalue weighted by atomic mass is 10.2. The van der Waals surface area contributed by atoms with Crippen LogP contribution in [0.3, 0.4) is 0 Å². The molecule has 0 amide bonds. The molecule has 2 aromatic rings. The highest BCUT2D eigenvalue weighted by Crippen LogP contribution is 2.08. The van der Waals surface area contributed by atoms with Crippen LogP contribution in [0.15, 0.2) is 41.1 Å². The van der Waals surface area contributed by atoms with Crippen molar-refractivity contribution in [1.82, 2.24) is 4.98 Å². The quantitative estimate of drug-likeness (QED) is 0.677. The fraction of sp³-hybridized carbons (Fsp3) is 0.0909. The summed E-state index contributed by atoms with van der Waals surface area (Å²) in [6, 6.07) is 6.86. The zero-order valence-corrected chi connectivity index (χ0v) is 7.73. The number of carbonyl (C=O) groups excluding carboxylic acids is 1. The number of carbonyl (C=O) groups is 1. The lowest BCUT2D eigenvalue weighted by molar-refractivity contribution is 0.100. The third-order valence-corrected chi connectivity index (χ3v) is 1.89. The smallest absolute Gasteiger partial charge is 0.246 e. The number of aromatic nitrogens is 1. The second-order valence-corrected chi connectivity index (χ2v) is 3.03. The van der Waals surface area contributed by atoms with Crippen molar-refractivity contribution in [2.24, 2.45) is 0 Å². The van der Waals surface area contributed by atoms with Gasteiger partial charge in [-0.15, -0.1) is 0 Å². The molecule has 2 aromatic heterocycles. The lowest BCUT2D eigenvalue weighted by Crippen LogP contribution is -2.02. The maximum Gasteiger partial charge on any atom is 0.246 e. The molecule has 0 unspecified atom stereocenters. The van der Waals surface area contributed by atoms with E-state index in [2.05, 4.69) is 4.98 Å². The van der Waals surface area contributed by atoms with Crippen molar-refractivity contribution in [2.75, 3.05) is 0 Å². The Bertz CT molecular complexity index is 429. The number of hydrogen-bond donors (Lipinski definition) is 0. The standard InChI is InChI=1S/C11H9NO2/c1-8-4-5-9(12-7-8)11(13)10-3-2-6-14-10/h2-7H,1H3. The van der Waals surface area contributed by atoms with Gasteiger partial charge < -0.3 is 4.42 Å². The van der Waals surface area contributed by atoms with E-state index in [-0.39, 0.29) is 5.78 Å². The minimum atomic E-state index is -0.185. The van der Waals surface area contributed by atoms with Gasteiger partial charge in [-0.1, -0.05) is 6.07 Å². The van der Waals surface area contributed by atoms with Gasteiger partial charge in [0.2, 0.25) is 5.78 Å². The molecule has 0 bridgehead atoms. The average molecular weight is 187 g/mol. The summed E-state index contributed by atoms with van der Waals surface area (Å²) in [4.78, 5) is 15.7. The van der Waals surface area contributed by atoms with Gasteiger partial charge in [0, 0.05) is 6.20 Å². The summed E-state index contributed by atoms with van der Waals surface area (Å²) in [5.41, 5.74) is 1.44. The molecule has 0 aliphatic carbocycles. The molecule has 3 heteroatoms. The third kappa shape index (κ3) is 1.57. The summed E-state index contributed by atoms with van der Waals surface area (Å²) < 4.78 is 4.99. The molecule has 2 heterocycles. The molecule has 70 valence electrons. The predicted molar refractivity (Wildman–Crippen MR) is 51.1 cm³/mol. The first kappa shape index (κ1) is 8.69. The topological polar surface area (TPSA) is 43.1 Å². The third-order valence-electron chi connectivity index (χ3n) is 1.89. The Hall–Kier alpha value is -1.90. The minimum Gasteiger partial charge on any atom is -0.461 e. The summed E-state index contributed by atoms with van der Waals surface area (Å²) in [6.45, 7) is 1.92. The van der Waals surface area contributed by atoms with Crippen LogP contribution in [0.2, 0.25) is 0 Å². The monoisotopic (exact) mass is 187 g/mol. The summed E-state index contributed by atoms with van der Waals surface area (Å²) in [5.74, 6) is 0.136. The Labute approximate surface area is 81.4 Å². The molecule has 3 nitrogen and oxygen atoms in total. The molecule has 0 saturated carbocycles. The van der Waals surface area contributed by atoms with Gasteiger partial charge in [0.1, 0.15) is 5.69 Å². The largest absolute Gasteiger partial charge is 0.461 e. The van der Waals surface area contributed by atoms with Crippen LogP contribution in [0, 0.1) is 6.92 Å². The number of nitrogens with zero attached hydrogens (tertiary/aromatic N) is 1. The van der Waals surface area contributed by atoms with Crippen LogP contribution in [-0.4, -0.2) is 10.8 Å². The van der Waals surface area contributed by atoms with Crippen molar-refractivity contribution in [2.45, 2.75) is 6.92 Å². The van der Waals surface area contributed by atoms with E-state index in [0.29, 0.717) is 11.5 Å². The first-order chi connectivity index (χ1) is 6.77. The van der Waals surface area contributed by atoms with E-state index in [1.54, 1.807) is 24.4 Å². The Balaban J connectivity index is 2.33. The highest BCUT2D eigenvalue weighted by Gasteiger charge is 2.12. The zero-order chi connectivity index (χ0) is 9.97. The summed E-state index contributed by atoms with van der Waals surface area (Å²) in [5, 5.41) is 0. The van der Waals surface area contributed by atoms with Gasteiger partial charge in [-0.25, -0.2) is 0 Å². The number of ketones is 1. The molecule has 14 heavy (non-hydrogen) atoms. The van der Waals surface area contributed by atoms with Gasteiger partial charge in [0.15, 0.2) is 5.76 Å². The van der Waals surface area contributed by atoms with E-state index in [1.165, 1.54) is 6.26 Å². The molecule has 0 spiro atoms. The van der Waals surface area contributed by atoms with E-state index in [1.807, 2.05) is 13.0 Å². The second kappa shape index (κ2) is 3.46. The SMILES string of the molecule is Cc1ccc(C(=O)c2ccco2)nc1. The van der Waals surface area contributed by atoms with Crippen LogP contribution in [0.4, 0.5) is 0 Å². The van der Waals surface area contributed by atoms with Crippen molar-refractivity contribution in [3.8, 4) is 0 Å². The molecule has 0 saturated heterocycles. The molecule has 0 fully saturated rings. The average Bonchev–Trinajstić information content (AvgIpc) is 2.71. The Morgan fingerprint density at radius 2 is 2.21 bits per heavy atom. The molecule has 0 radical (unpaired) electrons.